The predicted octanol–water partition coefficient (Wildman–Crippen LogP) is 4.75. The van der Waals surface area contributed by atoms with E-state index in [4.69, 9.17) is 14.5 Å². The number of thiophene rings is 1. The Morgan fingerprint density at radius 3 is 2.86 bits per heavy atom. The molecule has 4 rings (SSSR count). The van der Waals surface area contributed by atoms with Crippen molar-refractivity contribution in [3.05, 3.63) is 64.5 Å². The molecule has 29 heavy (non-hydrogen) atoms. The smallest absolute Gasteiger partial charge is 0.191 e. The van der Waals surface area contributed by atoms with Gasteiger partial charge in [0, 0.05) is 24.0 Å². The van der Waals surface area contributed by atoms with Crippen LogP contribution >= 0.6 is 35.3 Å². The molecule has 0 unspecified atom stereocenters. The maximum atomic E-state index is 5.40. The van der Waals surface area contributed by atoms with Gasteiger partial charge in [-0.05, 0) is 42.5 Å². The fourth-order valence-corrected chi connectivity index (χ4v) is 4.16. The summed E-state index contributed by atoms with van der Waals surface area (Å²) in [5, 5.41) is 13.6. The molecule has 0 spiro atoms. The van der Waals surface area contributed by atoms with E-state index in [-0.39, 0.29) is 24.0 Å². The second-order valence-electron chi connectivity index (χ2n) is 7.08. The summed E-state index contributed by atoms with van der Waals surface area (Å²) in [5.41, 5.74) is 1.01. The summed E-state index contributed by atoms with van der Waals surface area (Å²) in [7, 11) is 0. The van der Waals surface area contributed by atoms with E-state index >= 15 is 0 Å². The highest BCUT2D eigenvalue weighted by Crippen LogP contribution is 2.28. The predicted molar refractivity (Wildman–Crippen MR) is 128 cm³/mol. The van der Waals surface area contributed by atoms with E-state index in [0.29, 0.717) is 12.6 Å². The van der Waals surface area contributed by atoms with Crippen molar-refractivity contribution < 1.29 is 4.42 Å². The van der Waals surface area contributed by atoms with Gasteiger partial charge in [0.1, 0.15) is 5.76 Å². The number of hydrogen-bond acceptors (Lipinski definition) is 4. The fraction of sp³-hybridized carbons (Fsp3) is 0.429. The molecule has 0 atom stereocenters. The van der Waals surface area contributed by atoms with E-state index in [2.05, 4.69) is 45.1 Å². The number of aromatic nitrogens is 2. The lowest BCUT2D eigenvalue weighted by Gasteiger charge is -2.11. The van der Waals surface area contributed by atoms with Crippen molar-refractivity contribution in [2.24, 2.45) is 4.99 Å². The molecule has 1 fully saturated rings. The Balaban J connectivity index is 0.00000240. The van der Waals surface area contributed by atoms with Crippen molar-refractivity contribution in [1.82, 2.24) is 20.4 Å². The molecule has 6 nitrogen and oxygen atoms in total. The lowest BCUT2D eigenvalue weighted by molar-refractivity contribution is 0.463. The van der Waals surface area contributed by atoms with Gasteiger partial charge in [0.15, 0.2) is 5.96 Å². The quantitative estimate of drug-likeness (QED) is 0.253. The zero-order valence-electron chi connectivity index (χ0n) is 16.4. The van der Waals surface area contributed by atoms with Gasteiger partial charge in [-0.25, -0.2) is 4.99 Å². The molecule has 1 saturated carbocycles. The zero-order valence-corrected chi connectivity index (χ0v) is 19.6. The fourth-order valence-electron chi connectivity index (χ4n) is 3.51. The molecule has 3 aromatic rings. The van der Waals surface area contributed by atoms with Crippen molar-refractivity contribution >= 4 is 41.3 Å². The van der Waals surface area contributed by atoms with Crippen molar-refractivity contribution in [2.45, 2.75) is 51.2 Å². The highest BCUT2D eigenvalue weighted by atomic mass is 127. The highest BCUT2D eigenvalue weighted by Gasteiger charge is 2.17. The van der Waals surface area contributed by atoms with Gasteiger partial charge < -0.3 is 15.1 Å². The van der Waals surface area contributed by atoms with Gasteiger partial charge in [0.2, 0.25) is 0 Å². The number of nitrogens with one attached hydrogen (secondary N) is 2. The molecule has 0 saturated heterocycles. The van der Waals surface area contributed by atoms with E-state index in [1.165, 1.54) is 30.6 Å². The van der Waals surface area contributed by atoms with Crippen molar-refractivity contribution in [2.75, 3.05) is 6.54 Å². The first-order valence-corrected chi connectivity index (χ1v) is 10.9. The lowest BCUT2D eigenvalue weighted by atomic mass is 10.3. The molecule has 8 heteroatoms. The minimum Gasteiger partial charge on any atom is -0.469 e. The van der Waals surface area contributed by atoms with E-state index in [9.17, 15) is 0 Å². The number of aliphatic imine (C=N–C) groups is 1. The van der Waals surface area contributed by atoms with Crippen LogP contribution in [0, 0.1) is 0 Å². The first kappa shape index (κ1) is 21.9. The van der Waals surface area contributed by atoms with Crippen LogP contribution in [0.4, 0.5) is 0 Å². The Labute approximate surface area is 192 Å². The molecule has 1 aliphatic rings. The number of furan rings is 1. The molecule has 0 radical (unpaired) electrons. The first-order valence-electron chi connectivity index (χ1n) is 9.98. The van der Waals surface area contributed by atoms with Gasteiger partial charge in [-0.1, -0.05) is 18.9 Å². The summed E-state index contributed by atoms with van der Waals surface area (Å²) in [6.07, 6.45) is 9.74. The Morgan fingerprint density at radius 2 is 2.10 bits per heavy atom. The molecule has 3 heterocycles. The highest BCUT2D eigenvalue weighted by molar-refractivity contribution is 14.0. The average Bonchev–Trinajstić information content (AvgIpc) is 3.50. The molecule has 1 aliphatic carbocycles. The minimum absolute atomic E-state index is 0. The first-order chi connectivity index (χ1) is 13.9. The average molecular weight is 525 g/mol. The van der Waals surface area contributed by atoms with Crippen LogP contribution in [0.5, 0.6) is 0 Å². The van der Waals surface area contributed by atoms with Crippen LogP contribution in [-0.2, 0) is 19.5 Å². The van der Waals surface area contributed by atoms with Gasteiger partial charge in [-0.15, -0.1) is 35.3 Å². The van der Waals surface area contributed by atoms with Crippen LogP contribution in [0.2, 0.25) is 0 Å². The van der Waals surface area contributed by atoms with Crippen LogP contribution in [0.25, 0.3) is 0 Å². The number of rotatable bonds is 8. The van der Waals surface area contributed by atoms with Crippen molar-refractivity contribution in [3.8, 4) is 0 Å². The van der Waals surface area contributed by atoms with E-state index in [1.54, 1.807) is 17.6 Å². The summed E-state index contributed by atoms with van der Waals surface area (Å²) in [5.74, 6) is 1.77. The molecule has 0 aromatic carbocycles. The Morgan fingerprint density at radius 1 is 1.21 bits per heavy atom. The maximum Gasteiger partial charge on any atom is 0.191 e. The van der Waals surface area contributed by atoms with Crippen LogP contribution in [0.15, 0.2) is 57.6 Å². The summed E-state index contributed by atoms with van der Waals surface area (Å²) in [6, 6.07) is 10.8. The molecule has 156 valence electrons. The monoisotopic (exact) mass is 525 g/mol. The minimum atomic E-state index is 0. The number of nitrogens with zero attached hydrogens (tertiary/aromatic N) is 3. The molecular weight excluding hydrogens is 497 g/mol. The second-order valence-corrected chi connectivity index (χ2v) is 8.11. The van der Waals surface area contributed by atoms with Crippen LogP contribution in [-0.4, -0.2) is 22.3 Å². The summed E-state index contributed by atoms with van der Waals surface area (Å²) >= 11 is 1.74. The molecular formula is C21H28IN5OS. The second kappa shape index (κ2) is 11.4. The van der Waals surface area contributed by atoms with Gasteiger partial charge in [-0.3, -0.25) is 4.68 Å². The summed E-state index contributed by atoms with van der Waals surface area (Å²) in [4.78, 5) is 6.03. The molecule has 0 bridgehead atoms. The van der Waals surface area contributed by atoms with Crippen molar-refractivity contribution in [1.29, 1.82) is 0 Å². The Kier molecular flexibility index (Phi) is 8.60. The van der Waals surface area contributed by atoms with E-state index in [0.717, 1.165) is 36.9 Å². The maximum absolute atomic E-state index is 5.40. The summed E-state index contributed by atoms with van der Waals surface area (Å²) in [6.45, 7) is 2.10. The third-order valence-electron chi connectivity index (χ3n) is 5.02. The van der Waals surface area contributed by atoms with Crippen molar-refractivity contribution in [3.63, 3.8) is 0 Å². The topological polar surface area (TPSA) is 67.4 Å². The number of guanidine groups is 1. The van der Waals surface area contributed by atoms with Crippen LogP contribution in [0.1, 0.15) is 48.1 Å². The van der Waals surface area contributed by atoms with E-state index in [1.807, 2.05) is 12.1 Å². The Bertz CT molecular complexity index is 854. The largest absolute Gasteiger partial charge is 0.469 e. The van der Waals surface area contributed by atoms with Gasteiger partial charge >= 0.3 is 0 Å². The lowest BCUT2D eigenvalue weighted by Crippen LogP contribution is -2.38. The molecule has 0 amide bonds. The molecule has 2 N–H and O–H groups in total. The number of hydrogen-bond donors (Lipinski definition) is 2. The number of halogens is 1. The molecule has 0 aliphatic heterocycles. The zero-order chi connectivity index (χ0) is 19.0. The van der Waals surface area contributed by atoms with Gasteiger partial charge in [-0.2, -0.15) is 5.10 Å². The van der Waals surface area contributed by atoms with Crippen LogP contribution in [0.3, 0.4) is 0 Å². The Hall–Kier alpha value is -1.81. The normalized spacial score (nSPS) is 14.7. The van der Waals surface area contributed by atoms with Gasteiger partial charge in [0.25, 0.3) is 0 Å². The third-order valence-corrected chi connectivity index (χ3v) is 5.89. The molecule has 3 aromatic heterocycles. The van der Waals surface area contributed by atoms with Crippen LogP contribution < -0.4 is 10.6 Å². The van der Waals surface area contributed by atoms with E-state index < -0.39 is 0 Å². The van der Waals surface area contributed by atoms with Gasteiger partial charge in [0.05, 0.1) is 31.1 Å². The third kappa shape index (κ3) is 6.60. The standard InChI is InChI=1S/C21H27N5OS.HI/c1-2-6-18(5-1)26-12-10-17(25-26)15-23-21(24-16-20-8-4-14-28-20)22-11-9-19-7-3-13-27-19;/h3-4,7-8,10,12-14,18H,1-2,5-6,9,11,15-16H2,(H2,22,23,24);1H. The SMILES string of the molecule is I.c1coc(CCNC(=NCc2ccn(C3CCCC3)n2)NCc2cccs2)c1. The summed E-state index contributed by atoms with van der Waals surface area (Å²) < 4.78 is 7.53.